The number of halogens is 1. The summed E-state index contributed by atoms with van der Waals surface area (Å²) in [5.41, 5.74) is 1.74. The van der Waals surface area contributed by atoms with Crippen LogP contribution in [0.4, 0.5) is 4.39 Å². The number of carbonyl (C=O) groups is 2. The number of hydrogen-bond acceptors (Lipinski definition) is 4. The van der Waals surface area contributed by atoms with Gasteiger partial charge in [0.05, 0.1) is 12.1 Å². The smallest absolute Gasteiger partial charge is 0.339 e. The molecule has 1 saturated heterocycles. The van der Waals surface area contributed by atoms with Crippen molar-refractivity contribution in [2.75, 3.05) is 13.1 Å². The zero-order valence-electron chi connectivity index (χ0n) is 18.1. The highest BCUT2D eigenvalue weighted by Gasteiger charge is 2.48. The van der Waals surface area contributed by atoms with Crippen LogP contribution >= 0.6 is 0 Å². The van der Waals surface area contributed by atoms with Gasteiger partial charge in [0.2, 0.25) is 5.91 Å². The van der Waals surface area contributed by atoms with Crippen molar-refractivity contribution in [3.05, 3.63) is 95.3 Å². The van der Waals surface area contributed by atoms with Crippen molar-refractivity contribution in [1.82, 2.24) is 4.90 Å². The first kappa shape index (κ1) is 21.2. The summed E-state index contributed by atoms with van der Waals surface area (Å²) in [6.45, 7) is 1.05. The molecule has 6 heteroatoms. The van der Waals surface area contributed by atoms with Crippen molar-refractivity contribution in [2.24, 2.45) is 0 Å². The van der Waals surface area contributed by atoms with Crippen molar-refractivity contribution in [3.8, 4) is 11.5 Å². The van der Waals surface area contributed by atoms with Gasteiger partial charge in [-0.1, -0.05) is 30.3 Å². The number of amides is 1. The van der Waals surface area contributed by atoms with Crippen molar-refractivity contribution in [3.63, 3.8) is 0 Å². The van der Waals surface area contributed by atoms with Gasteiger partial charge in [-0.15, -0.1) is 0 Å². The van der Waals surface area contributed by atoms with E-state index < -0.39 is 5.60 Å². The van der Waals surface area contributed by atoms with Gasteiger partial charge >= 0.3 is 5.97 Å². The Morgan fingerprint density at radius 1 is 1.03 bits per heavy atom. The van der Waals surface area contributed by atoms with Crippen molar-refractivity contribution < 1.29 is 23.5 Å². The molecule has 3 aromatic carbocycles. The Labute approximate surface area is 191 Å². The standard InChI is InChI=1S/C27H24FNO4/c28-20-10-12-21(13-11-20)32-22-6-3-5-19(17-22)9-14-25(30)29-16-4-15-27(18-29)24-8-2-1-7-23(24)26(31)33-27/h1-3,5-8,10-13,17H,4,9,14-16,18H2. The highest BCUT2D eigenvalue weighted by molar-refractivity contribution is 5.95. The van der Waals surface area contributed by atoms with Crippen molar-refractivity contribution in [1.29, 1.82) is 0 Å². The van der Waals surface area contributed by atoms with Gasteiger partial charge in [-0.05, 0) is 67.3 Å². The van der Waals surface area contributed by atoms with E-state index in [2.05, 4.69) is 0 Å². The first-order valence-corrected chi connectivity index (χ1v) is 11.2. The number of nitrogens with zero attached hydrogens (tertiary/aromatic N) is 1. The van der Waals surface area contributed by atoms with E-state index in [-0.39, 0.29) is 17.7 Å². The van der Waals surface area contributed by atoms with Gasteiger partial charge in [0, 0.05) is 18.5 Å². The van der Waals surface area contributed by atoms with E-state index in [1.54, 1.807) is 18.2 Å². The zero-order chi connectivity index (χ0) is 22.8. The molecule has 5 nitrogen and oxygen atoms in total. The molecule has 1 fully saturated rings. The fourth-order valence-electron chi connectivity index (χ4n) is 4.70. The summed E-state index contributed by atoms with van der Waals surface area (Å²) in [5.74, 6) is 0.606. The van der Waals surface area contributed by atoms with Crippen LogP contribution in [0.2, 0.25) is 0 Å². The van der Waals surface area contributed by atoms with Crippen LogP contribution in [0.25, 0.3) is 0 Å². The molecular weight excluding hydrogens is 421 g/mol. The summed E-state index contributed by atoms with van der Waals surface area (Å²) in [6.07, 6.45) is 2.43. The largest absolute Gasteiger partial charge is 0.457 e. The lowest BCUT2D eigenvalue weighted by Gasteiger charge is -2.39. The SMILES string of the molecule is O=C1OC2(CCCN(C(=O)CCc3cccc(Oc4ccc(F)cc4)c3)C2)c2ccccc21. The number of fused-ring (bicyclic) bond motifs is 2. The quantitative estimate of drug-likeness (QED) is 0.504. The van der Waals surface area contributed by atoms with E-state index in [0.29, 0.717) is 43.0 Å². The molecule has 2 aliphatic rings. The third-order valence-corrected chi connectivity index (χ3v) is 6.31. The van der Waals surface area contributed by atoms with Gasteiger partial charge in [0.1, 0.15) is 17.3 Å². The molecule has 168 valence electrons. The zero-order valence-corrected chi connectivity index (χ0v) is 18.1. The number of likely N-dealkylation sites (tertiary alicyclic amines) is 1. The molecule has 0 bridgehead atoms. The fourth-order valence-corrected chi connectivity index (χ4v) is 4.70. The average Bonchev–Trinajstić information content (AvgIpc) is 3.10. The average molecular weight is 445 g/mol. The lowest BCUT2D eigenvalue weighted by atomic mass is 9.85. The van der Waals surface area contributed by atoms with E-state index in [1.165, 1.54) is 12.1 Å². The minimum Gasteiger partial charge on any atom is -0.457 e. The molecule has 0 radical (unpaired) electrons. The first-order valence-electron chi connectivity index (χ1n) is 11.2. The second kappa shape index (κ2) is 8.70. The lowest BCUT2D eigenvalue weighted by Crippen LogP contribution is -2.48. The maximum absolute atomic E-state index is 13.1. The van der Waals surface area contributed by atoms with Crippen LogP contribution in [-0.2, 0) is 21.6 Å². The van der Waals surface area contributed by atoms with E-state index in [0.717, 1.165) is 24.0 Å². The molecular formula is C27H24FNO4. The Morgan fingerprint density at radius 2 is 1.85 bits per heavy atom. The number of aryl methyl sites for hydroxylation is 1. The van der Waals surface area contributed by atoms with Gasteiger partial charge in [-0.3, -0.25) is 4.79 Å². The molecule has 1 spiro atoms. The number of benzene rings is 3. The normalized spacial score (nSPS) is 19.3. The molecule has 0 N–H and O–H groups in total. The second-order valence-corrected chi connectivity index (χ2v) is 8.55. The summed E-state index contributed by atoms with van der Waals surface area (Å²) in [4.78, 5) is 27.2. The summed E-state index contributed by atoms with van der Waals surface area (Å²) in [7, 11) is 0. The van der Waals surface area contributed by atoms with E-state index in [1.807, 2.05) is 47.4 Å². The van der Waals surface area contributed by atoms with Crippen LogP contribution < -0.4 is 4.74 Å². The van der Waals surface area contributed by atoms with Crippen LogP contribution in [0.1, 0.15) is 40.7 Å². The maximum Gasteiger partial charge on any atom is 0.339 e. The van der Waals surface area contributed by atoms with Gasteiger partial charge in [-0.2, -0.15) is 0 Å². The Bertz CT molecular complexity index is 1190. The maximum atomic E-state index is 13.1. The van der Waals surface area contributed by atoms with E-state index >= 15 is 0 Å². The van der Waals surface area contributed by atoms with E-state index in [4.69, 9.17) is 9.47 Å². The number of piperidine rings is 1. The Kier molecular flexibility index (Phi) is 5.58. The molecule has 2 heterocycles. The molecule has 5 rings (SSSR count). The number of esters is 1. The predicted molar refractivity (Wildman–Crippen MR) is 121 cm³/mol. The van der Waals surface area contributed by atoms with Gasteiger partial charge in [-0.25, -0.2) is 9.18 Å². The third-order valence-electron chi connectivity index (χ3n) is 6.31. The molecule has 0 aromatic heterocycles. The van der Waals surface area contributed by atoms with E-state index in [9.17, 15) is 14.0 Å². The summed E-state index contributed by atoms with van der Waals surface area (Å²) < 4.78 is 24.7. The molecule has 33 heavy (non-hydrogen) atoms. The van der Waals surface area contributed by atoms with Gasteiger partial charge < -0.3 is 14.4 Å². The number of ether oxygens (including phenoxy) is 2. The van der Waals surface area contributed by atoms with Crippen LogP contribution in [0.15, 0.2) is 72.8 Å². The number of hydrogen-bond donors (Lipinski definition) is 0. The van der Waals surface area contributed by atoms with Crippen LogP contribution in [0.5, 0.6) is 11.5 Å². The molecule has 0 aliphatic carbocycles. The second-order valence-electron chi connectivity index (χ2n) is 8.55. The van der Waals surface area contributed by atoms with Crippen LogP contribution in [-0.4, -0.2) is 29.9 Å². The van der Waals surface area contributed by atoms with Crippen LogP contribution in [0, 0.1) is 5.82 Å². The Balaban J connectivity index is 1.23. The fraction of sp³-hybridized carbons (Fsp3) is 0.259. The first-order chi connectivity index (χ1) is 16.0. The summed E-state index contributed by atoms with van der Waals surface area (Å²) in [6, 6.07) is 20.9. The van der Waals surface area contributed by atoms with Crippen molar-refractivity contribution >= 4 is 11.9 Å². The van der Waals surface area contributed by atoms with Gasteiger partial charge in [0.25, 0.3) is 0 Å². The predicted octanol–water partition coefficient (Wildman–Crippen LogP) is 5.24. The number of carbonyl (C=O) groups excluding carboxylic acids is 2. The highest BCUT2D eigenvalue weighted by atomic mass is 19.1. The van der Waals surface area contributed by atoms with Gasteiger partial charge in [0.15, 0.2) is 5.60 Å². The topological polar surface area (TPSA) is 55.8 Å². The summed E-state index contributed by atoms with van der Waals surface area (Å²) in [5, 5.41) is 0. The third kappa shape index (κ3) is 4.33. The molecule has 0 saturated carbocycles. The van der Waals surface area contributed by atoms with Crippen molar-refractivity contribution in [2.45, 2.75) is 31.3 Å². The highest BCUT2D eigenvalue weighted by Crippen LogP contribution is 2.42. The van der Waals surface area contributed by atoms with Crippen LogP contribution in [0.3, 0.4) is 0 Å². The molecule has 1 amide bonds. The number of rotatable bonds is 5. The molecule has 1 unspecified atom stereocenters. The molecule has 3 aromatic rings. The minimum atomic E-state index is -0.732. The summed E-state index contributed by atoms with van der Waals surface area (Å²) >= 11 is 0. The molecule has 1 atom stereocenters. The molecule has 2 aliphatic heterocycles. The minimum absolute atomic E-state index is 0.0411. The Hall–Kier alpha value is -3.67. The Morgan fingerprint density at radius 3 is 2.70 bits per heavy atom. The lowest BCUT2D eigenvalue weighted by molar-refractivity contribution is -0.138. The monoisotopic (exact) mass is 445 g/mol.